The highest BCUT2D eigenvalue weighted by Gasteiger charge is 2.26. The van der Waals surface area contributed by atoms with Crippen LogP contribution in [-0.2, 0) is 13.0 Å². The van der Waals surface area contributed by atoms with Crippen LogP contribution in [-0.4, -0.2) is 40.6 Å². The molecule has 0 spiro atoms. The largest absolute Gasteiger partial charge is 0.341 e. The Bertz CT molecular complexity index is 441. The van der Waals surface area contributed by atoms with Gasteiger partial charge in [-0.15, -0.1) is 0 Å². The molecule has 19 heavy (non-hydrogen) atoms. The number of urea groups is 1. The van der Waals surface area contributed by atoms with Crippen molar-refractivity contribution in [3.63, 3.8) is 0 Å². The summed E-state index contributed by atoms with van der Waals surface area (Å²) in [5, 5.41) is 2.69. The van der Waals surface area contributed by atoms with Gasteiger partial charge in [-0.05, 0) is 25.7 Å². The van der Waals surface area contributed by atoms with E-state index in [0.29, 0.717) is 5.92 Å². The van der Waals surface area contributed by atoms with Crippen LogP contribution in [0.2, 0.25) is 0 Å². The van der Waals surface area contributed by atoms with Crippen LogP contribution < -0.4 is 5.32 Å². The molecule has 2 amide bonds. The Hall–Kier alpha value is -1.52. The van der Waals surface area contributed by atoms with Gasteiger partial charge in [0.05, 0.1) is 0 Å². The van der Waals surface area contributed by atoms with Crippen molar-refractivity contribution >= 4 is 6.03 Å². The lowest BCUT2D eigenvalue weighted by molar-refractivity contribution is 0.209. The third-order valence-electron chi connectivity index (χ3n) is 3.84. The van der Waals surface area contributed by atoms with Crippen LogP contribution >= 0.6 is 0 Å². The lowest BCUT2D eigenvalue weighted by Crippen LogP contribution is -2.36. The van der Waals surface area contributed by atoms with Gasteiger partial charge in [0.1, 0.15) is 5.82 Å². The number of nitrogens with one attached hydrogen (secondary N) is 1. The van der Waals surface area contributed by atoms with E-state index in [1.54, 1.807) is 7.05 Å². The fraction of sp³-hybridized carbons (Fsp3) is 0.714. The maximum absolute atomic E-state index is 11.6. The Morgan fingerprint density at radius 1 is 1.58 bits per heavy atom. The maximum atomic E-state index is 11.6. The lowest BCUT2D eigenvalue weighted by atomic mass is 10.0. The second-order valence-electron chi connectivity index (χ2n) is 5.33. The number of hydrogen-bond donors (Lipinski definition) is 1. The number of hydrogen-bond acceptors (Lipinski definition) is 2. The molecule has 0 radical (unpaired) electrons. The summed E-state index contributed by atoms with van der Waals surface area (Å²) < 4.78 is 2.31. The summed E-state index contributed by atoms with van der Waals surface area (Å²) in [5.74, 6) is 1.71. The summed E-state index contributed by atoms with van der Waals surface area (Å²) >= 11 is 0. The molecule has 0 saturated carbocycles. The predicted octanol–water partition coefficient (Wildman–Crippen LogP) is 1.81. The summed E-state index contributed by atoms with van der Waals surface area (Å²) in [6, 6.07) is 0.0376. The van der Waals surface area contributed by atoms with Crippen LogP contribution in [0.3, 0.4) is 0 Å². The molecular weight excluding hydrogens is 240 g/mol. The summed E-state index contributed by atoms with van der Waals surface area (Å²) in [6.45, 7) is 7.03. The fourth-order valence-electron chi connectivity index (χ4n) is 2.80. The Morgan fingerprint density at radius 2 is 2.37 bits per heavy atom. The van der Waals surface area contributed by atoms with Crippen molar-refractivity contribution in [3.05, 3.63) is 17.7 Å². The van der Waals surface area contributed by atoms with Crippen LogP contribution in [0.15, 0.2) is 6.20 Å². The van der Waals surface area contributed by atoms with E-state index in [1.165, 1.54) is 11.5 Å². The molecule has 106 valence electrons. The molecule has 1 N–H and O–H groups in total. The number of likely N-dealkylation sites (tertiary alicyclic amines) is 1. The Balaban J connectivity index is 1.97. The second-order valence-corrected chi connectivity index (χ2v) is 5.33. The zero-order valence-electron chi connectivity index (χ0n) is 12.1. The van der Waals surface area contributed by atoms with E-state index >= 15 is 0 Å². The minimum absolute atomic E-state index is 0.0376. The van der Waals surface area contributed by atoms with Crippen molar-refractivity contribution in [2.75, 3.05) is 20.1 Å². The number of imidazole rings is 1. The standard InChI is InChI=1S/C14H24N4O/c1-4-6-18-11(2)9-16-13(18)8-12-5-7-17(10-12)14(19)15-3/h9,12H,4-8,10H2,1-3H3,(H,15,19). The van der Waals surface area contributed by atoms with Gasteiger partial charge in [-0.1, -0.05) is 6.92 Å². The summed E-state index contributed by atoms with van der Waals surface area (Å²) in [5.41, 5.74) is 1.23. The van der Waals surface area contributed by atoms with E-state index in [2.05, 4.69) is 28.7 Å². The number of carbonyl (C=O) groups is 1. The highest BCUT2D eigenvalue weighted by atomic mass is 16.2. The molecule has 1 unspecified atom stereocenters. The number of rotatable bonds is 4. The van der Waals surface area contributed by atoms with Crippen molar-refractivity contribution in [3.8, 4) is 0 Å². The molecule has 1 aromatic rings. The van der Waals surface area contributed by atoms with Gasteiger partial charge >= 0.3 is 6.03 Å². The first-order valence-corrected chi connectivity index (χ1v) is 7.13. The van der Waals surface area contributed by atoms with Gasteiger partial charge in [-0.25, -0.2) is 9.78 Å². The van der Waals surface area contributed by atoms with E-state index in [-0.39, 0.29) is 6.03 Å². The monoisotopic (exact) mass is 264 g/mol. The molecule has 0 aliphatic carbocycles. The Kier molecular flexibility index (Phi) is 4.45. The van der Waals surface area contributed by atoms with Crippen molar-refractivity contribution < 1.29 is 4.79 Å². The van der Waals surface area contributed by atoms with Gasteiger partial charge in [-0.3, -0.25) is 0 Å². The number of aryl methyl sites for hydroxylation is 1. The minimum atomic E-state index is 0.0376. The summed E-state index contributed by atoms with van der Waals surface area (Å²) in [7, 11) is 1.69. The maximum Gasteiger partial charge on any atom is 0.317 e. The quantitative estimate of drug-likeness (QED) is 0.901. The topological polar surface area (TPSA) is 50.2 Å². The van der Waals surface area contributed by atoms with Crippen LogP contribution in [0, 0.1) is 12.8 Å². The Labute approximate surface area is 115 Å². The highest BCUT2D eigenvalue weighted by molar-refractivity contribution is 5.74. The number of nitrogens with zero attached hydrogens (tertiary/aromatic N) is 3. The molecule has 2 rings (SSSR count). The van der Waals surface area contributed by atoms with Gasteiger partial charge in [0, 0.05) is 45.0 Å². The first-order valence-electron chi connectivity index (χ1n) is 7.13. The molecule has 5 heteroatoms. The van der Waals surface area contributed by atoms with E-state index < -0.39 is 0 Å². The number of amides is 2. The summed E-state index contributed by atoms with van der Waals surface area (Å²) in [4.78, 5) is 18.0. The molecule has 1 atom stereocenters. The van der Waals surface area contributed by atoms with E-state index in [1.807, 2.05) is 11.1 Å². The normalized spacial score (nSPS) is 18.9. The molecule has 1 saturated heterocycles. The third-order valence-corrected chi connectivity index (χ3v) is 3.84. The molecular formula is C14H24N4O. The molecule has 2 heterocycles. The van der Waals surface area contributed by atoms with Gasteiger partial charge in [0.15, 0.2) is 0 Å². The smallest absolute Gasteiger partial charge is 0.317 e. The average molecular weight is 264 g/mol. The highest BCUT2D eigenvalue weighted by Crippen LogP contribution is 2.21. The van der Waals surface area contributed by atoms with Crippen LogP contribution in [0.25, 0.3) is 0 Å². The molecule has 1 aromatic heterocycles. The molecule has 0 aromatic carbocycles. The minimum Gasteiger partial charge on any atom is -0.341 e. The molecule has 5 nitrogen and oxygen atoms in total. The van der Waals surface area contributed by atoms with Crippen LogP contribution in [0.1, 0.15) is 31.3 Å². The lowest BCUT2D eigenvalue weighted by Gasteiger charge is -2.16. The van der Waals surface area contributed by atoms with E-state index in [9.17, 15) is 4.79 Å². The van der Waals surface area contributed by atoms with Gasteiger partial charge in [-0.2, -0.15) is 0 Å². The zero-order chi connectivity index (χ0) is 13.8. The van der Waals surface area contributed by atoms with E-state index in [0.717, 1.165) is 38.9 Å². The van der Waals surface area contributed by atoms with Crippen molar-refractivity contribution in [1.29, 1.82) is 0 Å². The zero-order valence-corrected chi connectivity index (χ0v) is 12.1. The number of carbonyl (C=O) groups excluding carboxylic acids is 1. The third kappa shape index (κ3) is 3.08. The number of aromatic nitrogens is 2. The van der Waals surface area contributed by atoms with Gasteiger partial charge in [0.25, 0.3) is 0 Å². The summed E-state index contributed by atoms with van der Waals surface area (Å²) in [6.07, 6.45) is 5.13. The molecule has 1 fully saturated rings. The molecule has 1 aliphatic heterocycles. The van der Waals surface area contributed by atoms with Gasteiger partial charge in [0.2, 0.25) is 0 Å². The van der Waals surface area contributed by atoms with Crippen molar-refractivity contribution in [2.24, 2.45) is 5.92 Å². The fourth-order valence-corrected chi connectivity index (χ4v) is 2.80. The van der Waals surface area contributed by atoms with Crippen LogP contribution in [0.5, 0.6) is 0 Å². The van der Waals surface area contributed by atoms with Crippen molar-refractivity contribution in [1.82, 2.24) is 19.8 Å². The second kappa shape index (κ2) is 6.08. The molecule has 0 bridgehead atoms. The Morgan fingerprint density at radius 3 is 3.05 bits per heavy atom. The first-order chi connectivity index (χ1) is 9.15. The predicted molar refractivity (Wildman–Crippen MR) is 75.1 cm³/mol. The van der Waals surface area contributed by atoms with E-state index in [4.69, 9.17) is 0 Å². The van der Waals surface area contributed by atoms with Crippen molar-refractivity contribution in [2.45, 2.75) is 39.7 Å². The average Bonchev–Trinajstić information content (AvgIpc) is 3.00. The van der Waals surface area contributed by atoms with Crippen LogP contribution in [0.4, 0.5) is 4.79 Å². The first kappa shape index (κ1) is 13.9. The van der Waals surface area contributed by atoms with Gasteiger partial charge < -0.3 is 14.8 Å². The SMILES string of the molecule is CCCn1c(C)cnc1CC1CCN(C(=O)NC)C1. The molecule has 1 aliphatic rings.